The van der Waals surface area contributed by atoms with Gasteiger partial charge in [0.05, 0.1) is 24.1 Å². The number of hydrogen-bond acceptors (Lipinski definition) is 5. The van der Waals surface area contributed by atoms with E-state index in [1.807, 2.05) is 37.3 Å². The topological polar surface area (TPSA) is 101 Å². The van der Waals surface area contributed by atoms with Gasteiger partial charge in [-0.05, 0) is 42.8 Å². The Morgan fingerprint density at radius 1 is 1.23 bits per heavy atom. The van der Waals surface area contributed by atoms with Crippen molar-refractivity contribution in [1.29, 1.82) is 0 Å². The summed E-state index contributed by atoms with van der Waals surface area (Å²) in [5.41, 5.74) is 8.98. The summed E-state index contributed by atoms with van der Waals surface area (Å²) in [6, 6.07) is 16.0. The third kappa shape index (κ3) is 4.46. The van der Waals surface area contributed by atoms with E-state index < -0.39 is 5.91 Å². The number of benzene rings is 2. The summed E-state index contributed by atoms with van der Waals surface area (Å²) in [6.07, 6.45) is 2.11. The summed E-state index contributed by atoms with van der Waals surface area (Å²) in [4.78, 5) is 24.8. The molecule has 1 atom stereocenters. The number of nitrogens with two attached hydrogens (primary N) is 1. The minimum Gasteiger partial charge on any atom is -0.467 e. The van der Waals surface area contributed by atoms with Crippen LogP contribution in [0.5, 0.6) is 0 Å². The Bertz CT molecular complexity index is 1140. The van der Waals surface area contributed by atoms with Crippen LogP contribution in [-0.4, -0.2) is 29.1 Å². The van der Waals surface area contributed by atoms with E-state index in [2.05, 4.69) is 10.4 Å². The molecule has 4 rings (SSSR count). The number of aryl methyl sites for hydroxylation is 1. The zero-order valence-electron chi connectivity index (χ0n) is 16.8. The van der Waals surface area contributed by atoms with Crippen LogP contribution in [0.15, 0.2) is 70.4 Å². The van der Waals surface area contributed by atoms with Gasteiger partial charge in [-0.25, -0.2) is 5.01 Å². The predicted molar refractivity (Wildman–Crippen MR) is 119 cm³/mol. The van der Waals surface area contributed by atoms with E-state index in [0.29, 0.717) is 22.9 Å². The number of nitrogens with zero attached hydrogens (tertiary/aromatic N) is 2. The largest absolute Gasteiger partial charge is 0.467 e. The molecule has 158 valence electrons. The van der Waals surface area contributed by atoms with Gasteiger partial charge in [-0.2, -0.15) is 5.10 Å². The van der Waals surface area contributed by atoms with Gasteiger partial charge < -0.3 is 15.5 Å². The van der Waals surface area contributed by atoms with E-state index in [1.54, 1.807) is 24.5 Å². The fourth-order valence-corrected chi connectivity index (χ4v) is 3.66. The number of hydrogen-bond donors (Lipinski definition) is 2. The van der Waals surface area contributed by atoms with Crippen LogP contribution in [0.1, 0.15) is 39.7 Å². The molecular formula is C23H21ClN4O3. The average Bonchev–Trinajstić information content (AvgIpc) is 3.43. The number of furan rings is 1. The zero-order chi connectivity index (χ0) is 22.0. The van der Waals surface area contributed by atoms with Gasteiger partial charge in [0.15, 0.2) is 0 Å². The Labute approximate surface area is 184 Å². The van der Waals surface area contributed by atoms with Crippen LogP contribution in [0, 0.1) is 6.92 Å². The number of amides is 2. The van der Waals surface area contributed by atoms with Gasteiger partial charge in [-0.3, -0.25) is 9.59 Å². The standard InChI is InChI=1S/C23H21ClN4O3/c1-14-4-6-15(7-5-14)19-12-20(21-3-2-10-31-21)28(27-19)22(29)13-26-18-9-8-16(24)11-17(18)23(25)30/h2-11,20,26H,12-13H2,1H3,(H2,25,30). The predicted octanol–water partition coefficient (Wildman–Crippen LogP) is 4.13. The monoisotopic (exact) mass is 436 g/mol. The molecule has 3 aromatic rings. The van der Waals surface area contributed by atoms with Crippen LogP contribution >= 0.6 is 11.6 Å². The van der Waals surface area contributed by atoms with Crippen molar-refractivity contribution in [3.8, 4) is 0 Å². The van der Waals surface area contributed by atoms with Crippen molar-refractivity contribution >= 4 is 34.8 Å². The highest BCUT2D eigenvalue weighted by atomic mass is 35.5. The minimum absolute atomic E-state index is 0.0796. The van der Waals surface area contributed by atoms with Gasteiger partial charge in [0.1, 0.15) is 11.8 Å². The molecule has 0 fully saturated rings. The smallest absolute Gasteiger partial charge is 0.262 e. The van der Waals surface area contributed by atoms with Gasteiger partial charge in [0.25, 0.3) is 11.8 Å². The quantitative estimate of drug-likeness (QED) is 0.606. The second-order valence-corrected chi connectivity index (χ2v) is 7.73. The van der Waals surface area contributed by atoms with E-state index in [-0.39, 0.29) is 24.1 Å². The summed E-state index contributed by atoms with van der Waals surface area (Å²) in [5, 5.41) is 9.39. The maximum Gasteiger partial charge on any atom is 0.262 e. The molecule has 0 saturated carbocycles. The summed E-state index contributed by atoms with van der Waals surface area (Å²) in [7, 11) is 0. The van der Waals surface area contributed by atoms with Gasteiger partial charge in [0.2, 0.25) is 0 Å². The molecule has 2 amide bonds. The van der Waals surface area contributed by atoms with Crippen LogP contribution in [0.4, 0.5) is 5.69 Å². The lowest BCUT2D eigenvalue weighted by Gasteiger charge is -2.20. The summed E-state index contributed by atoms with van der Waals surface area (Å²) in [6.45, 7) is 1.94. The van der Waals surface area contributed by atoms with E-state index in [0.717, 1.165) is 16.8 Å². The molecule has 0 aliphatic carbocycles. The normalized spacial score (nSPS) is 15.6. The van der Waals surface area contributed by atoms with Crippen molar-refractivity contribution in [2.45, 2.75) is 19.4 Å². The number of hydrazone groups is 1. The number of rotatable bonds is 6. The Kier molecular flexibility index (Phi) is 5.77. The summed E-state index contributed by atoms with van der Waals surface area (Å²) < 4.78 is 5.56. The molecule has 0 radical (unpaired) electrons. The molecule has 1 aliphatic heterocycles. The number of anilines is 1. The molecule has 31 heavy (non-hydrogen) atoms. The summed E-state index contributed by atoms with van der Waals surface area (Å²) >= 11 is 5.95. The average molecular weight is 437 g/mol. The van der Waals surface area contributed by atoms with Crippen molar-refractivity contribution in [1.82, 2.24) is 5.01 Å². The second kappa shape index (κ2) is 8.65. The number of halogens is 1. The first-order valence-corrected chi connectivity index (χ1v) is 10.1. The highest BCUT2D eigenvalue weighted by Crippen LogP contribution is 2.33. The van der Waals surface area contributed by atoms with Crippen LogP contribution in [0.2, 0.25) is 5.02 Å². The number of carbonyl (C=O) groups is 2. The molecular weight excluding hydrogens is 416 g/mol. The molecule has 2 aromatic carbocycles. The molecule has 7 nitrogen and oxygen atoms in total. The molecule has 1 unspecified atom stereocenters. The van der Waals surface area contributed by atoms with E-state index in [9.17, 15) is 9.59 Å². The first kappa shape index (κ1) is 20.7. The van der Waals surface area contributed by atoms with Gasteiger partial charge >= 0.3 is 0 Å². The third-order valence-electron chi connectivity index (χ3n) is 5.10. The van der Waals surface area contributed by atoms with Crippen LogP contribution in [-0.2, 0) is 4.79 Å². The Balaban J connectivity index is 1.57. The second-order valence-electron chi connectivity index (χ2n) is 7.29. The summed E-state index contributed by atoms with van der Waals surface area (Å²) in [5.74, 6) is -0.246. The number of nitrogens with one attached hydrogen (secondary N) is 1. The molecule has 0 spiro atoms. The molecule has 3 N–H and O–H groups in total. The lowest BCUT2D eigenvalue weighted by Crippen LogP contribution is -2.32. The zero-order valence-corrected chi connectivity index (χ0v) is 17.6. The molecule has 1 aliphatic rings. The minimum atomic E-state index is -0.633. The van der Waals surface area contributed by atoms with E-state index >= 15 is 0 Å². The number of primary amides is 1. The molecule has 0 bridgehead atoms. The lowest BCUT2D eigenvalue weighted by atomic mass is 10.0. The first-order chi connectivity index (χ1) is 14.9. The number of carbonyl (C=O) groups excluding carboxylic acids is 2. The molecule has 0 saturated heterocycles. The molecule has 1 aromatic heterocycles. The van der Waals surface area contributed by atoms with Crippen molar-refractivity contribution in [3.05, 3.63) is 88.3 Å². The van der Waals surface area contributed by atoms with E-state index in [1.165, 1.54) is 11.1 Å². The highest BCUT2D eigenvalue weighted by Gasteiger charge is 2.34. The van der Waals surface area contributed by atoms with Crippen molar-refractivity contribution in [3.63, 3.8) is 0 Å². The third-order valence-corrected chi connectivity index (χ3v) is 5.33. The van der Waals surface area contributed by atoms with Crippen LogP contribution in [0.25, 0.3) is 0 Å². The SMILES string of the molecule is Cc1ccc(C2=NN(C(=O)CNc3ccc(Cl)cc3C(N)=O)C(c3ccco3)C2)cc1. The van der Waals surface area contributed by atoms with Crippen molar-refractivity contribution < 1.29 is 14.0 Å². The highest BCUT2D eigenvalue weighted by molar-refractivity contribution is 6.31. The molecule has 2 heterocycles. The maximum atomic E-state index is 13.1. The Morgan fingerprint density at radius 2 is 2.00 bits per heavy atom. The van der Waals surface area contributed by atoms with Crippen LogP contribution < -0.4 is 11.1 Å². The Morgan fingerprint density at radius 3 is 2.68 bits per heavy atom. The van der Waals surface area contributed by atoms with Crippen LogP contribution in [0.3, 0.4) is 0 Å². The van der Waals surface area contributed by atoms with Gasteiger partial charge in [-0.1, -0.05) is 41.4 Å². The maximum absolute atomic E-state index is 13.1. The fraction of sp³-hybridized carbons (Fsp3) is 0.174. The van der Waals surface area contributed by atoms with E-state index in [4.69, 9.17) is 21.8 Å². The van der Waals surface area contributed by atoms with Crippen molar-refractivity contribution in [2.24, 2.45) is 10.8 Å². The first-order valence-electron chi connectivity index (χ1n) is 9.75. The van der Waals surface area contributed by atoms with Gasteiger partial charge in [-0.15, -0.1) is 0 Å². The van der Waals surface area contributed by atoms with Crippen molar-refractivity contribution in [2.75, 3.05) is 11.9 Å². The molecule has 8 heteroatoms. The fourth-order valence-electron chi connectivity index (χ4n) is 3.49. The van der Waals surface area contributed by atoms with Gasteiger partial charge in [0, 0.05) is 17.1 Å². The Hall–Kier alpha value is -3.58. The lowest BCUT2D eigenvalue weighted by molar-refractivity contribution is -0.131.